The second kappa shape index (κ2) is 5.93. The van der Waals surface area contributed by atoms with E-state index in [1.807, 2.05) is 0 Å². The average Bonchev–Trinajstić information content (AvgIpc) is 2.66. The molecule has 1 aliphatic heterocycles. The van der Waals surface area contributed by atoms with Crippen molar-refractivity contribution in [2.75, 3.05) is 13.1 Å². The lowest BCUT2D eigenvalue weighted by atomic mass is 9.83. The summed E-state index contributed by atoms with van der Waals surface area (Å²) in [6, 6.07) is 11.4. The molecule has 2 aliphatic rings. The fourth-order valence-corrected chi connectivity index (χ4v) is 3.48. The number of fused-ring (bicyclic) bond motifs is 2. The number of aliphatic hydroxyl groups is 1. The summed E-state index contributed by atoms with van der Waals surface area (Å²) in [5.74, 6) is -0.590. The van der Waals surface area contributed by atoms with Gasteiger partial charge in [-0.3, -0.25) is 14.4 Å². The summed E-state index contributed by atoms with van der Waals surface area (Å²) in [7, 11) is 0. The topological polar surface area (TPSA) is 74.7 Å². The maximum atomic E-state index is 12.7. The average molecular weight is 335 g/mol. The highest BCUT2D eigenvalue weighted by molar-refractivity contribution is 6.28. The molecule has 1 saturated heterocycles. The number of rotatable bonds is 1. The van der Waals surface area contributed by atoms with Gasteiger partial charge in [0.15, 0.2) is 11.6 Å². The Morgan fingerprint density at radius 2 is 1.44 bits per heavy atom. The number of likely N-dealkylation sites (tertiary alicyclic amines) is 1. The number of piperidine rings is 1. The van der Waals surface area contributed by atoms with Crippen LogP contribution in [0.4, 0.5) is 0 Å². The van der Waals surface area contributed by atoms with Crippen molar-refractivity contribution in [3.05, 3.63) is 70.3 Å². The molecule has 2 aromatic rings. The number of benzene rings is 2. The zero-order chi connectivity index (χ0) is 17.6. The van der Waals surface area contributed by atoms with Crippen LogP contribution in [0.3, 0.4) is 0 Å². The first-order valence-corrected chi connectivity index (χ1v) is 8.36. The van der Waals surface area contributed by atoms with E-state index in [4.69, 9.17) is 0 Å². The molecule has 0 atom stereocenters. The van der Waals surface area contributed by atoms with Gasteiger partial charge < -0.3 is 10.0 Å². The summed E-state index contributed by atoms with van der Waals surface area (Å²) in [4.78, 5) is 39.7. The Bertz CT molecular complexity index is 894. The van der Waals surface area contributed by atoms with E-state index in [-0.39, 0.29) is 29.1 Å². The van der Waals surface area contributed by atoms with Crippen molar-refractivity contribution >= 4 is 17.5 Å². The van der Waals surface area contributed by atoms with Crippen LogP contribution in [-0.4, -0.2) is 46.7 Å². The van der Waals surface area contributed by atoms with Crippen molar-refractivity contribution < 1.29 is 19.5 Å². The van der Waals surface area contributed by atoms with E-state index in [0.717, 1.165) is 0 Å². The lowest BCUT2D eigenvalue weighted by Gasteiger charge is -2.30. The molecular formula is C20H17NO4. The number of nitrogens with zero attached hydrogens (tertiary/aromatic N) is 1. The van der Waals surface area contributed by atoms with Crippen LogP contribution < -0.4 is 0 Å². The Balaban J connectivity index is 1.69. The largest absolute Gasteiger partial charge is 0.393 e. The molecular weight excluding hydrogens is 318 g/mol. The molecule has 0 saturated carbocycles. The van der Waals surface area contributed by atoms with Crippen molar-refractivity contribution in [2.24, 2.45) is 0 Å². The Morgan fingerprint density at radius 3 is 2.08 bits per heavy atom. The SMILES string of the molecule is O=C1c2ccccc2C(=O)c2cc(C(=O)N3CCC(O)CC3)ccc21. The second-order valence-electron chi connectivity index (χ2n) is 6.49. The minimum atomic E-state index is -0.358. The molecule has 0 radical (unpaired) electrons. The fraction of sp³-hybridized carbons (Fsp3) is 0.250. The number of carbonyl (C=O) groups excluding carboxylic acids is 3. The van der Waals surface area contributed by atoms with Gasteiger partial charge in [0, 0.05) is 40.9 Å². The van der Waals surface area contributed by atoms with Crippen LogP contribution in [0.2, 0.25) is 0 Å². The van der Waals surface area contributed by atoms with E-state index >= 15 is 0 Å². The third-order valence-electron chi connectivity index (χ3n) is 4.92. The highest BCUT2D eigenvalue weighted by Crippen LogP contribution is 2.28. The minimum absolute atomic E-state index is 0.172. The Hall–Kier alpha value is -2.79. The third-order valence-corrected chi connectivity index (χ3v) is 4.92. The molecule has 126 valence electrons. The van der Waals surface area contributed by atoms with Crippen molar-refractivity contribution in [3.63, 3.8) is 0 Å². The quantitative estimate of drug-likeness (QED) is 0.739. The maximum absolute atomic E-state index is 12.7. The minimum Gasteiger partial charge on any atom is -0.393 e. The van der Waals surface area contributed by atoms with E-state index < -0.39 is 0 Å². The van der Waals surface area contributed by atoms with Gasteiger partial charge in [-0.15, -0.1) is 0 Å². The smallest absolute Gasteiger partial charge is 0.253 e. The number of hydrogen-bond acceptors (Lipinski definition) is 4. The van der Waals surface area contributed by atoms with Crippen LogP contribution in [0.5, 0.6) is 0 Å². The molecule has 1 heterocycles. The number of aliphatic hydroxyl groups excluding tert-OH is 1. The van der Waals surface area contributed by atoms with Crippen LogP contribution in [0, 0.1) is 0 Å². The zero-order valence-corrected chi connectivity index (χ0v) is 13.6. The van der Waals surface area contributed by atoms with Crippen LogP contribution in [0.1, 0.15) is 55.0 Å². The molecule has 1 fully saturated rings. The van der Waals surface area contributed by atoms with Crippen LogP contribution in [0.25, 0.3) is 0 Å². The van der Waals surface area contributed by atoms with Crippen LogP contribution >= 0.6 is 0 Å². The summed E-state index contributed by atoms with van der Waals surface area (Å²) in [5, 5.41) is 9.57. The van der Waals surface area contributed by atoms with Crippen molar-refractivity contribution in [1.82, 2.24) is 4.90 Å². The Morgan fingerprint density at radius 1 is 0.880 bits per heavy atom. The predicted octanol–water partition coefficient (Wildman–Crippen LogP) is 2.06. The zero-order valence-electron chi connectivity index (χ0n) is 13.6. The van der Waals surface area contributed by atoms with E-state index in [1.54, 1.807) is 41.3 Å². The molecule has 0 unspecified atom stereocenters. The third kappa shape index (κ3) is 2.57. The highest BCUT2D eigenvalue weighted by Gasteiger charge is 2.31. The Labute approximate surface area is 144 Å². The van der Waals surface area contributed by atoms with E-state index in [1.165, 1.54) is 6.07 Å². The van der Waals surface area contributed by atoms with E-state index in [9.17, 15) is 19.5 Å². The molecule has 25 heavy (non-hydrogen) atoms. The van der Waals surface area contributed by atoms with E-state index in [0.29, 0.717) is 48.2 Å². The van der Waals surface area contributed by atoms with Crippen LogP contribution in [-0.2, 0) is 0 Å². The van der Waals surface area contributed by atoms with Gasteiger partial charge in [-0.2, -0.15) is 0 Å². The lowest BCUT2D eigenvalue weighted by molar-refractivity contribution is 0.0546. The van der Waals surface area contributed by atoms with Gasteiger partial charge in [0.05, 0.1) is 6.10 Å². The van der Waals surface area contributed by atoms with Gasteiger partial charge in [-0.25, -0.2) is 0 Å². The molecule has 1 aliphatic carbocycles. The molecule has 4 rings (SSSR count). The second-order valence-corrected chi connectivity index (χ2v) is 6.49. The summed E-state index contributed by atoms with van der Waals surface area (Å²) in [5.41, 5.74) is 1.81. The first-order chi connectivity index (χ1) is 12.1. The first-order valence-electron chi connectivity index (χ1n) is 8.36. The molecule has 5 nitrogen and oxygen atoms in total. The standard InChI is InChI=1S/C20H17NO4/c22-13-7-9-21(10-8-13)20(25)12-5-6-16-17(11-12)19(24)15-4-2-1-3-14(15)18(16)23/h1-6,11,13,22H,7-10H2. The monoisotopic (exact) mass is 335 g/mol. The molecule has 1 amide bonds. The van der Waals surface area contributed by atoms with E-state index in [2.05, 4.69) is 0 Å². The number of amides is 1. The summed E-state index contributed by atoms with van der Waals surface area (Å²) in [6.07, 6.45) is 0.756. The summed E-state index contributed by atoms with van der Waals surface area (Å²) >= 11 is 0. The highest BCUT2D eigenvalue weighted by atomic mass is 16.3. The molecule has 0 aromatic heterocycles. The normalized spacial score (nSPS) is 17.2. The number of carbonyl (C=O) groups is 3. The summed E-state index contributed by atoms with van der Waals surface area (Å²) < 4.78 is 0. The maximum Gasteiger partial charge on any atom is 0.253 e. The van der Waals surface area contributed by atoms with Gasteiger partial charge in [0.1, 0.15) is 0 Å². The first kappa shape index (κ1) is 15.7. The molecule has 2 aromatic carbocycles. The number of hydrogen-bond donors (Lipinski definition) is 1. The van der Waals surface area contributed by atoms with Crippen LogP contribution in [0.15, 0.2) is 42.5 Å². The molecule has 0 spiro atoms. The van der Waals surface area contributed by atoms with Gasteiger partial charge in [-0.1, -0.05) is 24.3 Å². The lowest BCUT2D eigenvalue weighted by Crippen LogP contribution is -2.40. The summed E-state index contributed by atoms with van der Waals surface area (Å²) in [6.45, 7) is 0.986. The number of ketones is 2. The van der Waals surface area contributed by atoms with Crippen molar-refractivity contribution in [2.45, 2.75) is 18.9 Å². The predicted molar refractivity (Wildman–Crippen MR) is 90.9 cm³/mol. The van der Waals surface area contributed by atoms with Crippen molar-refractivity contribution in [1.29, 1.82) is 0 Å². The Kier molecular flexibility index (Phi) is 3.73. The molecule has 0 bridgehead atoms. The van der Waals surface area contributed by atoms with Gasteiger partial charge >= 0.3 is 0 Å². The van der Waals surface area contributed by atoms with Gasteiger partial charge in [0.25, 0.3) is 5.91 Å². The van der Waals surface area contributed by atoms with Crippen molar-refractivity contribution in [3.8, 4) is 0 Å². The molecule has 5 heteroatoms. The molecule has 1 N–H and O–H groups in total. The van der Waals surface area contributed by atoms with Gasteiger partial charge in [0.2, 0.25) is 0 Å². The fourth-order valence-electron chi connectivity index (χ4n) is 3.48. The van der Waals surface area contributed by atoms with Gasteiger partial charge in [-0.05, 0) is 31.0 Å².